The van der Waals surface area contributed by atoms with E-state index in [2.05, 4.69) is 164 Å². The molecule has 1 heterocycles. The number of aromatic nitrogens is 1. The Balaban J connectivity index is 1.33. The molecule has 0 fully saturated rings. The molecule has 1 spiro atoms. The molecule has 0 amide bonds. The zero-order valence-corrected chi connectivity index (χ0v) is 26.8. The highest BCUT2D eigenvalue weighted by molar-refractivity contribution is 6.75. The van der Waals surface area contributed by atoms with Gasteiger partial charge in [-0.05, 0) is 68.1 Å². The lowest BCUT2D eigenvalue weighted by Crippen LogP contribution is -2.27. The van der Waals surface area contributed by atoms with E-state index in [9.17, 15) is 0 Å². The van der Waals surface area contributed by atoms with Crippen LogP contribution in [0.3, 0.4) is 0 Å². The molecule has 0 N–H and O–H groups in total. The van der Waals surface area contributed by atoms with Gasteiger partial charge in [-0.1, -0.05) is 159 Å². The monoisotopic (exact) mass is 599 g/mol. The molecule has 47 heavy (non-hydrogen) atoms. The van der Waals surface area contributed by atoms with Crippen molar-refractivity contribution >= 4 is 44.8 Å². The van der Waals surface area contributed by atoms with Gasteiger partial charge in [0.15, 0.2) is 6.71 Å². The third-order valence-electron chi connectivity index (χ3n) is 11.2. The van der Waals surface area contributed by atoms with Crippen molar-refractivity contribution in [1.82, 2.24) is 4.57 Å². The SMILES string of the molecule is CCCB(C)c1cc2c3ccccc3n(-c3ccc4c(c3)C3(c5ccccc5-c5ccccc53)c3ccccc3-4)c2c2ccccc12. The van der Waals surface area contributed by atoms with Crippen LogP contribution in [-0.4, -0.2) is 11.3 Å². The first kappa shape index (κ1) is 26.8. The van der Waals surface area contributed by atoms with E-state index < -0.39 is 0 Å². The molecule has 0 bridgehead atoms. The maximum atomic E-state index is 2.55. The minimum Gasteiger partial charge on any atom is -0.309 e. The van der Waals surface area contributed by atoms with Crippen LogP contribution in [0.5, 0.6) is 0 Å². The van der Waals surface area contributed by atoms with Crippen LogP contribution < -0.4 is 5.46 Å². The molecule has 2 aliphatic carbocycles. The third kappa shape index (κ3) is 3.40. The van der Waals surface area contributed by atoms with E-state index in [1.165, 1.54) is 101 Å². The van der Waals surface area contributed by atoms with E-state index in [0.717, 1.165) is 0 Å². The van der Waals surface area contributed by atoms with E-state index in [1.54, 1.807) is 0 Å². The maximum Gasteiger partial charge on any atom is 0.173 e. The van der Waals surface area contributed by atoms with Crippen LogP contribution in [0.1, 0.15) is 35.6 Å². The molecular weight excluding hydrogens is 565 g/mol. The lowest BCUT2D eigenvalue weighted by molar-refractivity contribution is 0.792. The molecule has 8 aromatic rings. The minimum absolute atomic E-state index is 0.362. The summed E-state index contributed by atoms with van der Waals surface area (Å²) >= 11 is 0. The summed E-state index contributed by atoms with van der Waals surface area (Å²) in [6.45, 7) is 5.19. The zero-order valence-electron chi connectivity index (χ0n) is 26.8. The molecule has 1 nitrogen and oxygen atoms in total. The van der Waals surface area contributed by atoms with Crippen molar-refractivity contribution in [2.75, 3.05) is 0 Å². The predicted octanol–water partition coefficient (Wildman–Crippen LogP) is 11.0. The second-order valence-corrected chi connectivity index (χ2v) is 13.6. The lowest BCUT2D eigenvalue weighted by Gasteiger charge is -2.30. The summed E-state index contributed by atoms with van der Waals surface area (Å²) in [4.78, 5) is 0. The maximum absolute atomic E-state index is 2.55. The van der Waals surface area contributed by atoms with Gasteiger partial charge in [0.1, 0.15) is 0 Å². The topological polar surface area (TPSA) is 4.93 Å². The first-order valence-electron chi connectivity index (χ1n) is 17.1. The van der Waals surface area contributed by atoms with E-state index in [-0.39, 0.29) is 5.41 Å². The standard InChI is InChI=1S/C45H34BN/c1-3-26-46(2)42-28-37-35-18-9-13-23-43(35)47(44(37)36-19-5-4-17-34(36)42)29-24-25-33-32-16-8-12-22-40(32)45(41(33)27-29)38-20-10-6-14-30(38)31-15-7-11-21-39(31)45/h4-25,27-28H,3,26H2,1-2H3. The molecule has 0 radical (unpaired) electrons. The van der Waals surface area contributed by atoms with Gasteiger partial charge in [-0.3, -0.25) is 0 Å². The minimum atomic E-state index is -0.362. The number of hydrogen-bond acceptors (Lipinski definition) is 0. The highest BCUT2D eigenvalue weighted by Gasteiger charge is 2.51. The molecule has 0 saturated heterocycles. The van der Waals surface area contributed by atoms with Gasteiger partial charge in [0.2, 0.25) is 0 Å². The predicted molar refractivity (Wildman–Crippen MR) is 201 cm³/mol. The normalized spacial score (nSPS) is 13.7. The van der Waals surface area contributed by atoms with Gasteiger partial charge < -0.3 is 4.57 Å². The number of rotatable bonds is 4. The summed E-state index contributed by atoms with van der Waals surface area (Å²) in [5, 5.41) is 5.35. The van der Waals surface area contributed by atoms with Gasteiger partial charge in [0.05, 0.1) is 16.4 Å². The van der Waals surface area contributed by atoms with Crippen molar-refractivity contribution in [1.29, 1.82) is 0 Å². The van der Waals surface area contributed by atoms with Crippen LogP contribution in [0.25, 0.3) is 60.5 Å². The number of hydrogen-bond donors (Lipinski definition) is 0. The number of fused-ring (bicyclic) bond motifs is 15. The Hall–Kier alpha value is -5.34. The number of nitrogens with zero attached hydrogens (tertiary/aromatic N) is 1. The van der Waals surface area contributed by atoms with Crippen LogP contribution >= 0.6 is 0 Å². The van der Waals surface area contributed by atoms with Crippen molar-refractivity contribution in [3.05, 3.63) is 168 Å². The first-order valence-corrected chi connectivity index (χ1v) is 17.1. The lowest BCUT2D eigenvalue weighted by atomic mass is 9.43. The van der Waals surface area contributed by atoms with Crippen LogP contribution in [0.2, 0.25) is 13.1 Å². The smallest absolute Gasteiger partial charge is 0.173 e. The van der Waals surface area contributed by atoms with Gasteiger partial charge in [0, 0.05) is 21.8 Å². The Kier molecular flexibility index (Phi) is 5.62. The highest BCUT2D eigenvalue weighted by Crippen LogP contribution is 2.63. The molecule has 0 atom stereocenters. The van der Waals surface area contributed by atoms with Gasteiger partial charge in [-0.15, -0.1) is 0 Å². The zero-order chi connectivity index (χ0) is 31.3. The average molecular weight is 600 g/mol. The van der Waals surface area contributed by atoms with Crippen LogP contribution in [0, 0.1) is 0 Å². The van der Waals surface area contributed by atoms with Crippen molar-refractivity contribution in [2.45, 2.75) is 31.9 Å². The fourth-order valence-electron chi connectivity index (χ4n) is 9.34. The molecule has 10 rings (SSSR count). The second-order valence-electron chi connectivity index (χ2n) is 13.6. The van der Waals surface area contributed by atoms with E-state index >= 15 is 0 Å². The molecule has 7 aromatic carbocycles. The Morgan fingerprint density at radius 3 is 1.68 bits per heavy atom. The molecule has 2 heteroatoms. The second kappa shape index (κ2) is 9.83. The number of para-hydroxylation sites is 1. The fraction of sp³-hybridized carbons (Fsp3) is 0.111. The molecule has 1 aromatic heterocycles. The average Bonchev–Trinajstić information content (AvgIpc) is 3.73. The van der Waals surface area contributed by atoms with Crippen LogP contribution in [0.15, 0.2) is 146 Å². The molecule has 222 valence electrons. The third-order valence-corrected chi connectivity index (χ3v) is 11.2. The summed E-state index contributed by atoms with van der Waals surface area (Å²) in [6.07, 6.45) is 2.37. The molecule has 2 aliphatic rings. The van der Waals surface area contributed by atoms with Gasteiger partial charge in [0.25, 0.3) is 0 Å². The van der Waals surface area contributed by atoms with E-state index in [4.69, 9.17) is 0 Å². The first-order chi connectivity index (χ1) is 23.2. The molecular formula is C45H34BN. The van der Waals surface area contributed by atoms with Crippen LogP contribution in [0.4, 0.5) is 0 Å². The summed E-state index contributed by atoms with van der Waals surface area (Å²) in [5.41, 5.74) is 15.7. The summed E-state index contributed by atoms with van der Waals surface area (Å²) in [6, 6.07) is 55.1. The summed E-state index contributed by atoms with van der Waals surface area (Å²) in [7, 11) is 0. The molecule has 0 unspecified atom stereocenters. The Morgan fingerprint density at radius 2 is 1.04 bits per heavy atom. The quantitative estimate of drug-likeness (QED) is 0.177. The van der Waals surface area contributed by atoms with Crippen molar-refractivity contribution in [2.24, 2.45) is 0 Å². The van der Waals surface area contributed by atoms with Gasteiger partial charge in [-0.2, -0.15) is 0 Å². The highest BCUT2D eigenvalue weighted by atomic mass is 15.0. The molecule has 0 aliphatic heterocycles. The van der Waals surface area contributed by atoms with Crippen molar-refractivity contribution < 1.29 is 0 Å². The largest absolute Gasteiger partial charge is 0.309 e. The fourth-order valence-corrected chi connectivity index (χ4v) is 9.34. The van der Waals surface area contributed by atoms with Gasteiger partial charge >= 0.3 is 0 Å². The van der Waals surface area contributed by atoms with E-state index in [1.807, 2.05) is 0 Å². The summed E-state index contributed by atoms with van der Waals surface area (Å²) in [5.74, 6) is 0. The van der Waals surface area contributed by atoms with E-state index in [0.29, 0.717) is 6.71 Å². The Morgan fingerprint density at radius 1 is 0.511 bits per heavy atom. The number of benzene rings is 7. The summed E-state index contributed by atoms with van der Waals surface area (Å²) < 4.78 is 2.55. The van der Waals surface area contributed by atoms with Crippen molar-refractivity contribution in [3.8, 4) is 27.9 Å². The Bertz CT molecular complexity index is 2510. The van der Waals surface area contributed by atoms with Gasteiger partial charge in [-0.25, -0.2) is 0 Å². The van der Waals surface area contributed by atoms with Crippen molar-refractivity contribution in [3.63, 3.8) is 0 Å². The van der Waals surface area contributed by atoms with Crippen LogP contribution in [-0.2, 0) is 5.41 Å². The Labute approximate surface area is 276 Å². The molecule has 0 saturated carbocycles.